The summed E-state index contributed by atoms with van der Waals surface area (Å²) in [5.74, 6) is 0. The molecule has 1 rings (SSSR count). The molecule has 0 spiro atoms. The van der Waals surface area contributed by atoms with Crippen molar-refractivity contribution in [2.45, 2.75) is 6.92 Å². The predicted octanol–water partition coefficient (Wildman–Crippen LogP) is 1.59. The first-order valence-electron chi connectivity index (χ1n) is 3.75. The van der Waals surface area contributed by atoms with Gasteiger partial charge < -0.3 is 0 Å². The van der Waals surface area contributed by atoms with Crippen LogP contribution in [-0.2, 0) is 0 Å². The third-order valence-corrected chi connectivity index (χ3v) is 1.92. The average molecular weight is 190 g/mol. The molecule has 0 aromatic heterocycles. The van der Waals surface area contributed by atoms with Crippen molar-refractivity contribution < 1.29 is 9.72 Å². The molecular formula is C9H6N2O3. The Balaban J connectivity index is 3.52. The molecule has 0 saturated heterocycles. The first-order chi connectivity index (χ1) is 6.61. The Morgan fingerprint density at radius 3 is 2.64 bits per heavy atom. The van der Waals surface area contributed by atoms with Crippen molar-refractivity contribution in [3.63, 3.8) is 0 Å². The molecule has 0 aliphatic carbocycles. The lowest BCUT2D eigenvalue weighted by Gasteiger charge is -2.01. The van der Waals surface area contributed by atoms with Gasteiger partial charge in [-0.05, 0) is 13.0 Å². The van der Waals surface area contributed by atoms with E-state index in [1.165, 1.54) is 19.1 Å². The maximum absolute atomic E-state index is 10.6. The Morgan fingerprint density at radius 1 is 1.57 bits per heavy atom. The summed E-state index contributed by atoms with van der Waals surface area (Å²) < 4.78 is 0. The van der Waals surface area contributed by atoms with Crippen LogP contribution >= 0.6 is 0 Å². The number of nitriles is 1. The minimum Gasteiger partial charge on any atom is -0.298 e. The fourth-order valence-corrected chi connectivity index (χ4v) is 1.16. The van der Waals surface area contributed by atoms with E-state index in [0.29, 0.717) is 6.29 Å². The van der Waals surface area contributed by atoms with Gasteiger partial charge in [-0.1, -0.05) is 0 Å². The van der Waals surface area contributed by atoms with Gasteiger partial charge in [-0.15, -0.1) is 0 Å². The van der Waals surface area contributed by atoms with Gasteiger partial charge in [0.25, 0.3) is 5.69 Å². The molecule has 0 amide bonds. The zero-order chi connectivity index (χ0) is 10.7. The van der Waals surface area contributed by atoms with Crippen LogP contribution in [0.4, 0.5) is 5.69 Å². The van der Waals surface area contributed by atoms with E-state index in [4.69, 9.17) is 5.26 Å². The molecule has 5 heteroatoms. The standard InChI is InChI=1S/C9H6N2O3/c1-6-8(5-12)7(4-10)2-3-9(6)11(13)14/h2-3,5H,1H3. The van der Waals surface area contributed by atoms with Gasteiger partial charge in [0.1, 0.15) is 0 Å². The van der Waals surface area contributed by atoms with Crippen LogP contribution in [0.2, 0.25) is 0 Å². The molecule has 0 saturated carbocycles. The van der Waals surface area contributed by atoms with E-state index in [-0.39, 0.29) is 22.4 Å². The first-order valence-corrected chi connectivity index (χ1v) is 3.75. The van der Waals surface area contributed by atoms with Crippen molar-refractivity contribution in [1.82, 2.24) is 0 Å². The number of aldehydes is 1. The van der Waals surface area contributed by atoms with Gasteiger partial charge in [0.15, 0.2) is 6.29 Å². The fraction of sp³-hybridized carbons (Fsp3) is 0.111. The molecule has 0 aliphatic rings. The minimum absolute atomic E-state index is 0.0849. The molecule has 0 N–H and O–H groups in total. The van der Waals surface area contributed by atoms with Crippen molar-refractivity contribution in [2.24, 2.45) is 0 Å². The maximum atomic E-state index is 10.6. The van der Waals surface area contributed by atoms with E-state index in [2.05, 4.69) is 0 Å². The van der Waals surface area contributed by atoms with Gasteiger partial charge >= 0.3 is 0 Å². The molecule has 0 radical (unpaired) electrons. The van der Waals surface area contributed by atoms with Gasteiger partial charge in [-0.25, -0.2) is 0 Å². The van der Waals surface area contributed by atoms with E-state index >= 15 is 0 Å². The molecule has 70 valence electrons. The number of nitro groups is 1. The zero-order valence-corrected chi connectivity index (χ0v) is 7.35. The van der Waals surface area contributed by atoms with Crippen LogP contribution in [0.3, 0.4) is 0 Å². The van der Waals surface area contributed by atoms with Crippen LogP contribution in [0, 0.1) is 28.4 Å². The summed E-state index contributed by atoms with van der Waals surface area (Å²) in [4.78, 5) is 20.5. The summed E-state index contributed by atoms with van der Waals surface area (Å²) in [5, 5.41) is 19.1. The van der Waals surface area contributed by atoms with Gasteiger partial charge in [-0.2, -0.15) is 5.26 Å². The number of carbonyl (C=O) groups excluding carboxylic acids is 1. The van der Waals surface area contributed by atoms with Crippen LogP contribution in [-0.4, -0.2) is 11.2 Å². The maximum Gasteiger partial charge on any atom is 0.273 e. The highest BCUT2D eigenvalue weighted by Gasteiger charge is 2.16. The molecule has 1 aromatic rings. The molecule has 14 heavy (non-hydrogen) atoms. The molecule has 0 bridgehead atoms. The summed E-state index contributed by atoms with van der Waals surface area (Å²) in [6.45, 7) is 1.45. The highest BCUT2D eigenvalue weighted by molar-refractivity contribution is 5.83. The fourth-order valence-electron chi connectivity index (χ4n) is 1.16. The van der Waals surface area contributed by atoms with Crippen LogP contribution < -0.4 is 0 Å². The van der Waals surface area contributed by atoms with Gasteiger partial charge in [0.2, 0.25) is 0 Å². The number of hydrogen-bond acceptors (Lipinski definition) is 4. The number of nitrogens with zero attached hydrogens (tertiary/aromatic N) is 2. The molecule has 5 nitrogen and oxygen atoms in total. The smallest absolute Gasteiger partial charge is 0.273 e. The van der Waals surface area contributed by atoms with E-state index < -0.39 is 4.92 Å². The van der Waals surface area contributed by atoms with Gasteiger partial charge in [0, 0.05) is 17.2 Å². The Bertz CT molecular complexity index is 446. The van der Waals surface area contributed by atoms with Gasteiger partial charge in [0.05, 0.1) is 16.6 Å². The highest BCUT2D eigenvalue weighted by atomic mass is 16.6. The van der Waals surface area contributed by atoms with E-state index in [1.807, 2.05) is 0 Å². The van der Waals surface area contributed by atoms with E-state index in [9.17, 15) is 14.9 Å². The summed E-state index contributed by atoms with van der Waals surface area (Å²) >= 11 is 0. The predicted molar refractivity (Wildman–Crippen MR) is 47.9 cm³/mol. The molecule has 0 heterocycles. The second-order valence-electron chi connectivity index (χ2n) is 2.66. The quantitative estimate of drug-likeness (QED) is 0.402. The Labute approximate surface area is 79.7 Å². The average Bonchev–Trinajstić information content (AvgIpc) is 2.16. The van der Waals surface area contributed by atoms with Crippen LogP contribution in [0.1, 0.15) is 21.5 Å². The Hall–Kier alpha value is -2.22. The van der Waals surface area contributed by atoms with E-state index in [0.717, 1.165) is 0 Å². The van der Waals surface area contributed by atoms with Crippen LogP contribution in [0.25, 0.3) is 0 Å². The summed E-state index contributed by atoms with van der Waals surface area (Å²) in [6.07, 6.45) is 0.459. The van der Waals surface area contributed by atoms with Crippen LogP contribution in [0.15, 0.2) is 12.1 Å². The second kappa shape index (κ2) is 3.66. The van der Waals surface area contributed by atoms with Gasteiger partial charge in [-0.3, -0.25) is 14.9 Å². The monoisotopic (exact) mass is 190 g/mol. The number of rotatable bonds is 2. The molecule has 0 fully saturated rings. The van der Waals surface area contributed by atoms with Crippen molar-refractivity contribution in [1.29, 1.82) is 5.26 Å². The SMILES string of the molecule is Cc1c([N+](=O)[O-])ccc(C#N)c1C=O. The van der Waals surface area contributed by atoms with Crippen molar-refractivity contribution in [3.05, 3.63) is 38.9 Å². The van der Waals surface area contributed by atoms with Crippen molar-refractivity contribution >= 4 is 12.0 Å². The molecule has 0 unspecified atom stereocenters. The third kappa shape index (κ3) is 1.45. The number of benzene rings is 1. The largest absolute Gasteiger partial charge is 0.298 e. The normalized spacial score (nSPS) is 9.14. The Morgan fingerprint density at radius 2 is 2.21 bits per heavy atom. The van der Waals surface area contributed by atoms with E-state index in [1.54, 1.807) is 6.07 Å². The van der Waals surface area contributed by atoms with Crippen LogP contribution in [0.5, 0.6) is 0 Å². The van der Waals surface area contributed by atoms with Crippen molar-refractivity contribution in [2.75, 3.05) is 0 Å². The summed E-state index contributed by atoms with van der Waals surface area (Å²) in [7, 11) is 0. The molecule has 0 aliphatic heterocycles. The van der Waals surface area contributed by atoms with Crippen molar-refractivity contribution in [3.8, 4) is 6.07 Å². The molecular weight excluding hydrogens is 184 g/mol. The number of nitro benzene ring substituents is 1. The number of hydrogen-bond donors (Lipinski definition) is 0. The lowest BCUT2D eigenvalue weighted by molar-refractivity contribution is -0.385. The highest BCUT2D eigenvalue weighted by Crippen LogP contribution is 2.22. The molecule has 0 atom stereocenters. The molecule has 1 aromatic carbocycles. The summed E-state index contributed by atoms with van der Waals surface area (Å²) in [5.41, 5.74) is 0.319. The second-order valence-corrected chi connectivity index (χ2v) is 2.66. The lowest BCUT2D eigenvalue weighted by atomic mass is 10.0. The summed E-state index contributed by atoms with van der Waals surface area (Å²) in [6, 6.07) is 4.30. The number of carbonyl (C=O) groups is 1. The Kier molecular flexibility index (Phi) is 2.58. The zero-order valence-electron chi connectivity index (χ0n) is 7.35. The lowest BCUT2D eigenvalue weighted by Crippen LogP contribution is -1.98. The third-order valence-electron chi connectivity index (χ3n) is 1.92. The minimum atomic E-state index is -0.580. The topological polar surface area (TPSA) is 84.0 Å². The first kappa shape index (κ1) is 9.86.